The van der Waals surface area contributed by atoms with Crippen molar-refractivity contribution in [1.29, 1.82) is 0 Å². The number of hydrogen-bond donors (Lipinski definition) is 2. The van der Waals surface area contributed by atoms with Gasteiger partial charge in [0.15, 0.2) is 0 Å². The van der Waals surface area contributed by atoms with Gasteiger partial charge in [0, 0.05) is 22.6 Å². The van der Waals surface area contributed by atoms with Gasteiger partial charge in [-0.2, -0.15) is 0 Å². The van der Waals surface area contributed by atoms with E-state index in [0.717, 1.165) is 35.8 Å². The van der Waals surface area contributed by atoms with Crippen LogP contribution in [0, 0.1) is 0 Å². The van der Waals surface area contributed by atoms with E-state index in [1.165, 1.54) is 11.1 Å². The molecule has 0 fully saturated rings. The molecule has 0 aliphatic heterocycles. The Labute approximate surface area is 174 Å². The van der Waals surface area contributed by atoms with Gasteiger partial charge in [-0.25, -0.2) is 0 Å². The average molecular weight is 411 g/mol. The molecule has 0 unspecified atom stereocenters. The minimum Gasteiger partial charge on any atom is -0.464 e. The molecule has 2 N–H and O–H groups in total. The van der Waals surface area contributed by atoms with Gasteiger partial charge in [-0.15, -0.1) is 0 Å². The van der Waals surface area contributed by atoms with Crippen molar-refractivity contribution in [3.8, 4) is 0 Å². The minimum atomic E-state index is -0.212. The molecule has 0 saturated carbocycles. The summed E-state index contributed by atoms with van der Waals surface area (Å²) in [7, 11) is 0. The first-order valence-corrected chi connectivity index (χ1v) is 10.2. The van der Waals surface area contributed by atoms with Crippen molar-refractivity contribution in [2.24, 2.45) is 0 Å². The van der Waals surface area contributed by atoms with E-state index < -0.39 is 0 Å². The van der Waals surface area contributed by atoms with Crippen molar-refractivity contribution in [3.05, 3.63) is 63.9 Å². The number of carbonyl (C=O) groups excluding carboxylic acids is 2. The van der Waals surface area contributed by atoms with Crippen molar-refractivity contribution < 1.29 is 14.0 Å². The SMILES string of the molecule is CC(C)NC(=O)c1ccc(Cl)c(NC(=O)Cc2coc3cc4c(cc23)CCC4)c1. The molecule has 1 aromatic heterocycles. The Morgan fingerprint density at radius 1 is 1.14 bits per heavy atom. The third-order valence-corrected chi connectivity index (χ3v) is 5.47. The van der Waals surface area contributed by atoms with Crippen LogP contribution in [0.5, 0.6) is 0 Å². The van der Waals surface area contributed by atoms with Crippen molar-refractivity contribution in [2.45, 2.75) is 45.6 Å². The third-order valence-electron chi connectivity index (χ3n) is 5.14. The van der Waals surface area contributed by atoms with E-state index >= 15 is 0 Å². The van der Waals surface area contributed by atoms with Crippen LogP contribution in [-0.4, -0.2) is 17.9 Å². The highest BCUT2D eigenvalue weighted by atomic mass is 35.5. The van der Waals surface area contributed by atoms with Gasteiger partial charge in [0.25, 0.3) is 5.91 Å². The average Bonchev–Trinajstić information content (AvgIpc) is 3.27. The monoisotopic (exact) mass is 410 g/mol. The quantitative estimate of drug-likeness (QED) is 0.628. The second-order valence-corrected chi connectivity index (χ2v) is 8.19. The summed E-state index contributed by atoms with van der Waals surface area (Å²) in [6.45, 7) is 3.78. The van der Waals surface area contributed by atoms with Gasteiger partial charge in [-0.1, -0.05) is 11.6 Å². The molecule has 150 valence electrons. The zero-order valence-corrected chi connectivity index (χ0v) is 17.2. The van der Waals surface area contributed by atoms with Crippen molar-refractivity contribution in [3.63, 3.8) is 0 Å². The van der Waals surface area contributed by atoms with Crippen LogP contribution in [-0.2, 0) is 24.1 Å². The number of fused-ring (bicyclic) bond motifs is 2. The first-order chi connectivity index (χ1) is 13.9. The molecule has 0 spiro atoms. The molecule has 0 atom stereocenters. The number of rotatable bonds is 5. The van der Waals surface area contributed by atoms with Gasteiger partial charge in [-0.3, -0.25) is 9.59 Å². The van der Waals surface area contributed by atoms with Crippen molar-refractivity contribution in [2.75, 3.05) is 5.32 Å². The first-order valence-electron chi connectivity index (χ1n) is 9.83. The lowest BCUT2D eigenvalue weighted by molar-refractivity contribution is -0.115. The van der Waals surface area contributed by atoms with E-state index in [-0.39, 0.29) is 24.3 Å². The maximum atomic E-state index is 12.7. The molecule has 2 aromatic carbocycles. The summed E-state index contributed by atoms with van der Waals surface area (Å²) in [5, 5.41) is 7.02. The van der Waals surface area contributed by atoms with Crippen LogP contribution in [0.1, 0.15) is 47.3 Å². The number of amides is 2. The lowest BCUT2D eigenvalue weighted by Crippen LogP contribution is -2.30. The number of aryl methyl sites for hydroxylation is 2. The van der Waals surface area contributed by atoms with Crippen molar-refractivity contribution >= 4 is 40.1 Å². The molecule has 2 amide bonds. The summed E-state index contributed by atoms with van der Waals surface area (Å²) in [6.07, 6.45) is 5.14. The summed E-state index contributed by atoms with van der Waals surface area (Å²) in [5.41, 5.74) is 5.21. The molecule has 1 heterocycles. The smallest absolute Gasteiger partial charge is 0.251 e. The largest absolute Gasteiger partial charge is 0.464 e. The summed E-state index contributed by atoms with van der Waals surface area (Å²) >= 11 is 6.23. The van der Waals surface area contributed by atoms with Crippen LogP contribution >= 0.6 is 11.6 Å². The summed E-state index contributed by atoms with van der Waals surface area (Å²) in [6, 6.07) is 9.11. The lowest BCUT2D eigenvalue weighted by Gasteiger charge is -2.11. The molecule has 0 bridgehead atoms. The normalized spacial score (nSPS) is 13.0. The molecule has 1 aliphatic carbocycles. The number of carbonyl (C=O) groups is 2. The number of halogens is 1. The lowest BCUT2D eigenvalue weighted by atomic mass is 10.0. The van der Waals surface area contributed by atoms with Crippen LogP contribution in [0.15, 0.2) is 41.0 Å². The molecule has 1 aliphatic rings. The summed E-state index contributed by atoms with van der Waals surface area (Å²) in [5.74, 6) is -0.418. The number of furan rings is 1. The molecule has 0 saturated heterocycles. The van der Waals surface area contributed by atoms with Gasteiger partial charge in [-0.05, 0) is 74.6 Å². The fourth-order valence-electron chi connectivity index (χ4n) is 3.76. The molecular formula is C23H23ClN2O3. The Morgan fingerprint density at radius 3 is 2.66 bits per heavy atom. The predicted octanol–water partition coefficient (Wildman–Crippen LogP) is 4.89. The second kappa shape index (κ2) is 7.91. The number of nitrogens with one attached hydrogen (secondary N) is 2. The Balaban J connectivity index is 1.52. The Morgan fingerprint density at radius 2 is 1.90 bits per heavy atom. The Hall–Kier alpha value is -2.79. The van der Waals surface area contributed by atoms with Crippen LogP contribution in [0.25, 0.3) is 11.0 Å². The van der Waals surface area contributed by atoms with Crippen LogP contribution < -0.4 is 10.6 Å². The van der Waals surface area contributed by atoms with E-state index in [0.29, 0.717) is 16.3 Å². The van der Waals surface area contributed by atoms with E-state index in [2.05, 4.69) is 22.8 Å². The standard InChI is InChI=1S/C23H23ClN2O3/c1-13(2)25-23(28)16-6-7-19(24)20(9-16)26-22(27)11-17-12-29-21-10-15-5-3-4-14(15)8-18(17)21/h6-10,12-13H,3-5,11H2,1-2H3,(H,25,28)(H,26,27). The van der Waals surface area contributed by atoms with Gasteiger partial charge < -0.3 is 15.1 Å². The fourth-order valence-corrected chi connectivity index (χ4v) is 3.92. The molecule has 0 radical (unpaired) electrons. The highest BCUT2D eigenvalue weighted by Crippen LogP contribution is 2.31. The minimum absolute atomic E-state index is 0.0204. The van der Waals surface area contributed by atoms with E-state index in [1.807, 2.05) is 13.8 Å². The molecule has 4 rings (SSSR count). The van der Waals surface area contributed by atoms with Crippen LogP contribution in [0.3, 0.4) is 0 Å². The number of benzene rings is 2. The molecule has 29 heavy (non-hydrogen) atoms. The van der Waals surface area contributed by atoms with Gasteiger partial charge in [0.2, 0.25) is 5.91 Å². The topological polar surface area (TPSA) is 71.3 Å². The van der Waals surface area contributed by atoms with Crippen LogP contribution in [0.4, 0.5) is 5.69 Å². The van der Waals surface area contributed by atoms with E-state index in [9.17, 15) is 9.59 Å². The number of hydrogen-bond acceptors (Lipinski definition) is 3. The van der Waals surface area contributed by atoms with Crippen LogP contribution in [0.2, 0.25) is 5.02 Å². The highest BCUT2D eigenvalue weighted by molar-refractivity contribution is 6.34. The maximum Gasteiger partial charge on any atom is 0.251 e. The van der Waals surface area contributed by atoms with Gasteiger partial charge in [0.1, 0.15) is 5.58 Å². The zero-order chi connectivity index (χ0) is 20.5. The maximum absolute atomic E-state index is 12.7. The Kier molecular flexibility index (Phi) is 5.33. The summed E-state index contributed by atoms with van der Waals surface area (Å²) < 4.78 is 5.68. The molecular weight excluding hydrogens is 388 g/mol. The van der Waals surface area contributed by atoms with Gasteiger partial charge in [0.05, 0.1) is 23.4 Å². The third kappa shape index (κ3) is 4.15. The molecule has 6 heteroatoms. The van der Waals surface area contributed by atoms with E-state index in [1.54, 1.807) is 24.5 Å². The Bertz CT molecular complexity index is 1100. The zero-order valence-electron chi connectivity index (χ0n) is 16.5. The highest BCUT2D eigenvalue weighted by Gasteiger charge is 2.18. The van der Waals surface area contributed by atoms with Gasteiger partial charge >= 0.3 is 0 Å². The molecule has 5 nitrogen and oxygen atoms in total. The predicted molar refractivity (Wildman–Crippen MR) is 115 cm³/mol. The number of anilines is 1. The summed E-state index contributed by atoms with van der Waals surface area (Å²) in [4.78, 5) is 24.9. The fraction of sp³-hybridized carbons (Fsp3) is 0.304. The molecule has 3 aromatic rings. The first kappa shape index (κ1) is 19.5. The second-order valence-electron chi connectivity index (χ2n) is 7.78. The van der Waals surface area contributed by atoms with E-state index in [4.69, 9.17) is 16.0 Å². The van der Waals surface area contributed by atoms with Crippen molar-refractivity contribution in [1.82, 2.24) is 5.32 Å².